The van der Waals surface area contributed by atoms with Crippen molar-refractivity contribution in [1.82, 2.24) is 0 Å². The molecule has 2 rings (SSSR count). The fourth-order valence-electron chi connectivity index (χ4n) is 1.18. The zero-order valence-electron chi connectivity index (χ0n) is 5.91. The normalized spacial score (nSPS) is 14.5. The van der Waals surface area contributed by atoms with Gasteiger partial charge in [-0.1, -0.05) is 0 Å². The van der Waals surface area contributed by atoms with E-state index in [1.165, 1.54) is 0 Å². The second-order valence-electron chi connectivity index (χ2n) is 2.43. The molecule has 0 amide bonds. The van der Waals surface area contributed by atoms with E-state index in [0.717, 1.165) is 11.1 Å². The van der Waals surface area contributed by atoms with Gasteiger partial charge in [-0.2, -0.15) is 0 Å². The molecular formula is C8H6BN2. The van der Waals surface area contributed by atoms with E-state index < -0.39 is 0 Å². The molecule has 1 heterocycles. The van der Waals surface area contributed by atoms with Crippen LogP contribution in [-0.2, 0) is 0 Å². The number of hydrogen-bond donors (Lipinski definition) is 1. The fourth-order valence-corrected chi connectivity index (χ4v) is 1.18. The molecule has 0 saturated carbocycles. The molecule has 0 bridgehead atoms. The van der Waals surface area contributed by atoms with Gasteiger partial charge in [-0.15, -0.1) is 0 Å². The average molecular weight is 141 g/mol. The molecule has 1 aliphatic heterocycles. The number of benzene rings is 1. The van der Waals surface area contributed by atoms with Crippen molar-refractivity contribution in [3.8, 4) is 0 Å². The molecule has 0 fully saturated rings. The maximum atomic E-state index is 5.59. The molecule has 2 N–H and O–H groups in total. The van der Waals surface area contributed by atoms with Crippen LogP contribution in [0.25, 0.3) is 0 Å². The first-order valence-electron chi connectivity index (χ1n) is 3.35. The summed E-state index contributed by atoms with van der Waals surface area (Å²) in [6.07, 6.45) is 0. The van der Waals surface area contributed by atoms with Crippen LogP contribution in [0.5, 0.6) is 0 Å². The monoisotopic (exact) mass is 141 g/mol. The third-order valence-electron chi connectivity index (χ3n) is 1.72. The van der Waals surface area contributed by atoms with Gasteiger partial charge in [0.05, 0.1) is 0 Å². The zero-order valence-corrected chi connectivity index (χ0v) is 5.91. The van der Waals surface area contributed by atoms with Gasteiger partial charge in [-0.05, 0) is 0 Å². The van der Waals surface area contributed by atoms with E-state index in [0.29, 0.717) is 11.4 Å². The third-order valence-corrected chi connectivity index (χ3v) is 1.72. The number of hydrogen-bond acceptors (Lipinski definition) is 2. The minimum absolute atomic E-state index is 0.512. The molecule has 0 aliphatic carbocycles. The number of fused-ring (bicyclic) bond motifs is 1. The minimum atomic E-state index is 0.512. The van der Waals surface area contributed by atoms with Crippen molar-refractivity contribution < 1.29 is 0 Å². The summed E-state index contributed by atoms with van der Waals surface area (Å²) in [5.41, 5.74) is 7.97. The Bertz CT molecular complexity index is 355. The van der Waals surface area contributed by atoms with Crippen molar-refractivity contribution in [2.75, 3.05) is 0 Å². The third kappa shape index (κ3) is 0.809. The first kappa shape index (κ1) is 6.34. The van der Waals surface area contributed by atoms with Gasteiger partial charge in [-0.3, -0.25) is 0 Å². The van der Waals surface area contributed by atoms with E-state index in [1.54, 1.807) is 0 Å². The van der Waals surface area contributed by atoms with E-state index in [1.807, 2.05) is 24.3 Å². The predicted octanol–water partition coefficient (Wildman–Crippen LogP) is 0.0520. The molecular weight excluding hydrogens is 135 g/mol. The molecule has 1 aromatic rings. The Labute approximate surface area is 65.8 Å². The molecule has 1 aromatic carbocycles. The Hall–Kier alpha value is -1.38. The van der Waals surface area contributed by atoms with Gasteiger partial charge in [0.1, 0.15) is 0 Å². The van der Waals surface area contributed by atoms with Crippen LogP contribution in [0.3, 0.4) is 0 Å². The molecule has 0 unspecified atom stereocenters. The van der Waals surface area contributed by atoms with Gasteiger partial charge in [0.2, 0.25) is 0 Å². The SMILES string of the molecule is [B]=C1N=C(N)c2ccccc21. The topological polar surface area (TPSA) is 38.4 Å². The van der Waals surface area contributed by atoms with E-state index >= 15 is 0 Å². The number of aliphatic imine (C=N–C) groups is 1. The van der Waals surface area contributed by atoms with E-state index in [-0.39, 0.29) is 0 Å². The van der Waals surface area contributed by atoms with Crippen LogP contribution in [0.1, 0.15) is 11.1 Å². The average Bonchev–Trinajstić information content (AvgIpc) is 2.30. The maximum absolute atomic E-state index is 5.59. The molecule has 1 radical (unpaired) electrons. The van der Waals surface area contributed by atoms with Gasteiger partial charge in [0.15, 0.2) is 0 Å². The number of nitrogens with zero attached hydrogens (tertiary/aromatic N) is 1. The zero-order chi connectivity index (χ0) is 7.84. The molecule has 0 aromatic heterocycles. The van der Waals surface area contributed by atoms with Crippen LogP contribution in [0.15, 0.2) is 29.3 Å². The molecule has 11 heavy (non-hydrogen) atoms. The summed E-state index contributed by atoms with van der Waals surface area (Å²) in [7, 11) is 5.59. The van der Waals surface area contributed by atoms with Crippen molar-refractivity contribution in [2.45, 2.75) is 0 Å². The molecule has 0 atom stereocenters. The molecule has 2 nitrogen and oxygen atoms in total. The Balaban J connectivity index is 2.71. The molecule has 0 saturated heterocycles. The summed E-state index contributed by atoms with van der Waals surface area (Å²) < 4.78 is 0. The van der Waals surface area contributed by atoms with Gasteiger partial charge >= 0.3 is 65.0 Å². The molecule has 3 heteroatoms. The summed E-state index contributed by atoms with van der Waals surface area (Å²) in [5, 5.41) is 0. The number of nitrogens with two attached hydrogens (primary N) is 1. The second kappa shape index (κ2) is 2.05. The predicted molar refractivity (Wildman–Crippen MR) is 47.0 cm³/mol. The quantitative estimate of drug-likeness (QED) is 0.509. The van der Waals surface area contributed by atoms with Crippen LogP contribution >= 0.6 is 0 Å². The Morgan fingerprint density at radius 2 is 1.82 bits per heavy atom. The van der Waals surface area contributed by atoms with Crippen molar-refractivity contribution in [1.29, 1.82) is 0 Å². The van der Waals surface area contributed by atoms with Crippen LogP contribution in [0.2, 0.25) is 0 Å². The van der Waals surface area contributed by atoms with Crippen LogP contribution in [-0.4, -0.2) is 18.9 Å². The van der Waals surface area contributed by atoms with E-state index in [2.05, 4.69) is 4.99 Å². The van der Waals surface area contributed by atoms with Gasteiger partial charge in [-0.25, -0.2) is 0 Å². The van der Waals surface area contributed by atoms with E-state index in [9.17, 15) is 0 Å². The molecule has 51 valence electrons. The standard InChI is InChI=1S/C8H6BN2/c9-7-5-3-1-2-4-6(5)8(10)11-7/h1-4H,(H2,10,11). The summed E-state index contributed by atoms with van der Waals surface area (Å²) >= 11 is 0. The van der Waals surface area contributed by atoms with Crippen LogP contribution in [0, 0.1) is 0 Å². The summed E-state index contributed by atoms with van der Waals surface area (Å²) in [6.45, 7) is 0. The summed E-state index contributed by atoms with van der Waals surface area (Å²) in [4.78, 5) is 3.95. The fraction of sp³-hybridized carbons (Fsp3) is 0. The molecule has 1 aliphatic rings. The van der Waals surface area contributed by atoms with Crippen LogP contribution < -0.4 is 5.73 Å². The van der Waals surface area contributed by atoms with Crippen molar-refractivity contribution in [3.05, 3.63) is 35.4 Å². The number of amidine groups is 1. The Kier molecular flexibility index (Phi) is 1.18. The number of rotatable bonds is 0. The first-order valence-corrected chi connectivity index (χ1v) is 3.35. The summed E-state index contributed by atoms with van der Waals surface area (Å²) in [5.74, 6) is 0.512. The van der Waals surface area contributed by atoms with Gasteiger partial charge in [0.25, 0.3) is 0 Å². The van der Waals surface area contributed by atoms with Crippen molar-refractivity contribution in [3.63, 3.8) is 0 Å². The van der Waals surface area contributed by atoms with Gasteiger partial charge in [0, 0.05) is 0 Å². The Morgan fingerprint density at radius 1 is 1.18 bits per heavy atom. The second-order valence-corrected chi connectivity index (χ2v) is 2.43. The van der Waals surface area contributed by atoms with Crippen LogP contribution in [0.4, 0.5) is 0 Å². The van der Waals surface area contributed by atoms with Gasteiger partial charge < -0.3 is 0 Å². The summed E-state index contributed by atoms with van der Waals surface area (Å²) in [6, 6.07) is 7.65. The van der Waals surface area contributed by atoms with E-state index in [4.69, 9.17) is 13.2 Å². The van der Waals surface area contributed by atoms with Crippen molar-refractivity contribution >= 4 is 18.9 Å². The Morgan fingerprint density at radius 3 is 2.45 bits per heavy atom. The first-order chi connectivity index (χ1) is 5.29. The van der Waals surface area contributed by atoms with Crippen molar-refractivity contribution in [2.24, 2.45) is 10.7 Å². The molecule has 0 spiro atoms.